The fourth-order valence-electron chi connectivity index (χ4n) is 2.58. The number of benzene rings is 1. The zero-order valence-electron chi connectivity index (χ0n) is 11.0. The molecular weight excluding hydrogens is 228 g/mol. The number of ether oxygens (including phenoxy) is 1. The van der Waals surface area contributed by atoms with Gasteiger partial charge in [-0.15, -0.1) is 0 Å². The molecule has 1 aliphatic heterocycles. The van der Waals surface area contributed by atoms with Crippen molar-refractivity contribution in [1.82, 2.24) is 4.90 Å². The average Bonchev–Trinajstić information content (AvgIpc) is 2.75. The van der Waals surface area contributed by atoms with Gasteiger partial charge in [-0.25, -0.2) is 0 Å². The van der Waals surface area contributed by atoms with Crippen LogP contribution in [-0.2, 0) is 4.74 Å². The number of likely N-dealkylation sites (N-methyl/N-ethyl adjacent to an activating group) is 1. The molecule has 3 atom stereocenters. The highest BCUT2D eigenvalue weighted by Crippen LogP contribution is 2.22. The Kier molecular flexibility index (Phi) is 4.22. The van der Waals surface area contributed by atoms with E-state index in [0.717, 1.165) is 18.6 Å². The van der Waals surface area contributed by atoms with Crippen LogP contribution in [0.15, 0.2) is 24.3 Å². The van der Waals surface area contributed by atoms with Crippen molar-refractivity contribution in [1.29, 1.82) is 0 Å². The maximum Gasteiger partial charge on any atom is 0.0917 e. The Morgan fingerprint density at radius 2 is 2.33 bits per heavy atom. The molecule has 0 bridgehead atoms. The Morgan fingerprint density at radius 3 is 2.94 bits per heavy atom. The Hall–Kier alpha value is -1.10. The van der Waals surface area contributed by atoms with E-state index in [0.29, 0.717) is 18.3 Å². The standard InChI is InChI=1S/C14H22N2O2/c1-10-13(6-7-18-10)16(2)9-14(17)11-4-3-5-12(15)8-11/h3-5,8,10,13-14,17H,6-7,9,15H2,1-2H3. The van der Waals surface area contributed by atoms with Gasteiger partial charge in [0.2, 0.25) is 0 Å². The van der Waals surface area contributed by atoms with Crippen molar-refractivity contribution in [2.45, 2.75) is 31.6 Å². The molecule has 18 heavy (non-hydrogen) atoms. The minimum atomic E-state index is -0.508. The van der Waals surface area contributed by atoms with Gasteiger partial charge in [-0.1, -0.05) is 12.1 Å². The van der Waals surface area contributed by atoms with Crippen LogP contribution in [0.5, 0.6) is 0 Å². The lowest BCUT2D eigenvalue weighted by Crippen LogP contribution is -2.39. The fraction of sp³-hybridized carbons (Fsp3) is 0.571. The van der Waals surface area contributed by atoms with E-state index in [-0.39, 0.29) is 6.10 Å². The first kappa shape index (κ1) is 13.3. The van der Waals surface area contributed by atoms with Gasteiger partial charge in [0.15, 0.2) is 0 Å². The predicted molar refractivity (Wildman–Crippen MR) is 72.3 cm³/mol. The third kappa shape index (κ3) is 3.02. The Bertz CT molecular complexity index is 397. The highest BCUT2D eigenvalue weighted by Gasteiger charge is 2.28. The highest BCUT2D eigenvalue weighted by atomic mass is 16.5. The second-order valence-corrected chi connectivity index (χ2v) is 5.06. The molecule has 0 amide bonds. The molecule has 0 spiro atoms. The Morgan fingerprint density at radius 1 is 1.56 bits per heavy atom. The van der Waals surface area contributed by atoms with E-state index < -0.39 is 6.10 Å². The third-order valence-electron chi connectivity index (χ3n) is 3.66. The van der Waals surface area contributed by atoms with Gasteiger partial charge in [0.25, 0.3) is 0 Å². The highest BCUT2D eigenvalue weighted by molar-refractivity contribution is 5.41. The summed E-state index contributed by atoms with van der Waals surface area (Å²) in [6, 6.07) is 7.82. The molecule has 3 N–H and O–H groups in total. The number of hydrogen-bond donors (Lipinski definition) is 2. The summed E-state index contributed by atoms with van der Waals surface area (Å²) >= 11 is 0. The van der Waals surface area contributed by atoms with Crippen molar-refractivity contribution < 1.29 is 9.84 Å². The topological polar surface area (TPSA) is 58.7 Å². The third-order valence-corrected chi connectivity index (χ3v) is 3.66. The first-order chi connectivity index (χ1) is 8.58. The average molecular weight is 250 g/mol. The monoisotopic (exact) mass is 250 g/mol. The van der Waals surface area contributed by atoms with Crippen LogP contribution in [-0.4, -0.2) is 42.4 Å². The van der Waals surface area contributed by atoms with Crippen LogP contribution < -0.4 is 5.73 Å². The van der Waals surface area contributed by atoms with Crippen molar-refractivity contribution in [2.24, 2.45) is 0 Å². The number of nitrogens with two attached hydrogens (primary N) is 1. The molecule has 100 valence electrons. The molecule has 1 saturated heterocycles. The van der Waals surface area contributed by atoms with E-state index in [1.807, 2.05) is 31.3 Å². The molecule has 1 fully saturated rings. The molecule has 0 saturated carbocycles. The summed E-state index contributed by atoms with van der Waals surface area (Å²) in [7, 11) is 2.03. The van der Waals surface area contributed by atoms with Gasteiger partial charge < -0.3 is 15.6 Å². The van der Waals surface area contributed by atoms with Gasteiger partial charge >= 0.3 is 0 Å². The first-order valence-electron chi connectivity index (χ1n) is 6.43. The summed E-state index contributed by atoms with van der Waals surface area (Å²) in [5, 5.41) is 10.2. The summed E-state index contributed by atoms with van der Waals surface area (Å²) in [5.74, 6) is 0. The smallest absolute Gasteiger partial charge is 0.0917 e. The van der Waals surface area contributed by atoms with Crippen molar-refractivity contribution >= 4 is 5.69 Å². The molecule has 1 heterocycles. The molecule has 2 rings (SSSR count). The maximum atomic E-state index is 10.2. The van der Waals surface area contributed by atoms with E-state index in [2.05, 4.69) is 11.8 Å². The zero-order chi connectivity index (χ0) is 13.1. The van der Waals surface area contributed by atoms with E-state index in [9.17, 15) is 5.11 Å². The lowest BCUT2D eigenvalue weighted by Gasteiger charge is -2.28. The van der Waals surface area contributed by atoms with Gasteiger partial charge in [0.05, 0.1) is 12.2 Å². The minimum Gasteiger partial charge on any atom is -0.399 e. The molecule has 0 aromatic heterocycles. The summed E-state index contributed by atoms with van der Waals surface area (Å²) in [6.07, 6.45) is 0.760. The minimum absolute atomic E-state index is 0.239. The second-order valence-electron chi connectivity index (χ2n) is 5.06. The second kappa shape index (κ2) is 5.69. The van der Waals surface area contributed by atoms with Crippen molar-refractivity contribution in [3.63, 3.8) is 0 Å². The van der Waals surface area contributed by atoms with Gasteiger partial charge in [-0.3, -0.25) is 4.90 Å². The van der Waals surface area contributed by atoms with E-state index in [1.54, 1.807) is 0 Å². The summed E-state index contributed by atoms with van der Waals surface area (Å²) in [4.78, 5) is 2.17. The molecule has 4 heteroatoms. The molecule has 1 aliphatic rings. The largest absolute Gasteiger partial charge is 0.399 e. The Labute approximate surface area is 108 Å². The number of hydrogen-bond acceptors (Lipinski definition) is 4. The fourth-order valence-corrected chi connectivity index (χ4v) is 2.58. The van der Waals surface area contributed by atoms with Gasteiger partial charge in [0.1, 0.15) is 0 Å². The van der Waals surface area contributed by atoms with Crippen molar-refractivity contribution in [3.8, 4) is 0 Å². The van der Waals surface area contributed by atoms with Gasteiger partial charge in [-0.05, 0) is 38.1 Å². The molecule has 0 radical (unpaired) electrons. The molecule has 1 aromatic carbocycles. The number of aliphatic hydroxyl groups is 1. The van der Waals surface area contributed by atoms with Crippen LogP contribution in [0.3, 0.4) is 0 Å². The van der Waals surface area contributed by atoms with Crippen LogP contribution in [0.2, 0.25) is 0 Å². The zero-order valence-corrected chi connectivity index (χ0v) is 11.0. The number of anilines is 1. The van der Waals surface area contributed by atoms with Crippen molar-refractivity contribution in [3.05, 3.63) is 29.8 Å². The van der Waals surface area contributed by atoms with Gasteiger partial charge in [-0.2, -0.15) is 0 Å². The van der Waals surface area contributed by atoms with Crippen molar-refractivity contribution in [2.75, 3.05) is 25.9 Å². The normalized spacial score (nSPS) is 25.6. The number of aliphatic hydroxyl groups excluding tert-OH is 1. The van der Waals surface area contributed by atoms with Crippen LogP contribution in [0.4, 0.5) is 5.69 Å². The summed E-state index contributed by atoms with van der Waals surface area (Å²) in [6.45, 7) is 3.49. The molecule has 1 aromatic rings. The van der Waals surface area contributed by atoms with Crippen LogP contribution in [0, 0.1) is 0 Å². The van der Waals surface area contributed by atoms with Crippen LogP contribution >= 0.6 is 0 Å². The van der Waals surface area contributed by atoms with E-state index in [1.165, 1.54) is 0 Å². The van der Waals surface area contributed by atoms with E-state index in [4.69, 9.17) is 10.5 Å². The quantitative estimate of drug-likeness (QED) is 0.793. The SMILES string of the molecule is CC1OCCC1N(C)CC(O)c1cccc(N)c1. The van der Waals surface area contributed by atoms with Gasteiger partial charge in [0, 0.05) is 24.9 Å². The van der Waals surface area contributed by atoms with Crippen LogP contribution in [0.25, 0.3) is 0 Å². The van der Waals surface area contributed by atoms with Crippen LogP contribution in [0.1, 0.15) is 25.0 Å². The number of rotatable bonds is 4. The lowest BCUT2D eigenvalue weighted by atomic mass is 10.1. The molecule has 0 aliphatic carbocycles. The maximum absolute atomic E-state index is 10.2. The van der Waals surface area contributed by atoms with E-state index >= 15 is 0 Å². The first-order valence-corrected chi connectivity index (χ1v) is 6.43. The summed E-state index contributed by atoms with van der Waals surface area (Å²) < 4.78 is 5.55. The predicted octanol–water partition coefficient (Wildman–Crippen LogP) is 1.41. The Balaban J connectivity index is 1.96. The number of nitrogens with zero attached hydrogens (tertiary/aromatic N) is 1. The molecule has 3 unspecified atom stereocenters. The molecule has 4 nitrogen and oxygen atoms in total. The lowest BCUT2D eigenvalue weighted by molar-refractivity contribution is 0.0579. The molecular formula is C14H22N2O2. The number of nitrogen functional groups attached to an aromatic ring is 1. The summed E-state index contributed by atoms with van der Waals surface area (Å²) in [5.41, 5.74) is 7.28.